The average molecular weight is 320 g/mol. The second kappa shape index (κ2) is 6.16. The van der Waals surface area contributed by atoms with Crippen molar-refractivity contribution in [2.75, 3.05) is 24.5 Å². The summed E-state index contributed by atoms with van der Waals surface area (Å²) < 4.78 is 14.2. The fourth-order valence-electron chi connectivity index (χ4n) is 3.23. The molecule has 3 N–H and O–H groups in total. The minimum Gasteiger partial charge on any atom is -0.336 e. The molecule has 0 aliphatic carbocycles. The van der Waals surface area contributed by atoms with Crippen LogP contribution < -0.4 is 16.0 Å². The Morgan fingerprint density at radius 2 is 2.17 bits per heavy atom. The van der Waals surface area contributed by atoms with Gasteiger partial charge in [-0.1, -0.05) is 0 Å². The highest BCUT2D eigenvalue weighted by molar-refractivity contribution is 5.98. The van der Waals surface area contributed by atoms with Crippen molar-refractivity contribution in [3.63, 3.8) is 0 Å². The summed E-state index contributed by atoms with van der Waals surface area (Å²) in [5.74, 6) is -0.913. The van der Waals surface area contributed by atoms with Crippen LogP contribution in [0.1, 0.15) is 30.1 Å². The Kier molecular flexibility index (Phi) is 4.21. The SMILES string of the molecule is C[C@@H]1C[C@H](N)CCN1C(=O)c1cc(N2CCNC2=O)ccc1F. The number of piperidine rings is 1. The second-order valence-corrected chi connectivity index (χ2v) is 6.18. The van der Waals surface area contributed by atoms with Crippen LogP contribution in [-0.2, 0) is 0 Å². The number of amides is 3. The highest BCUT2D eigenvalue weighted by Gasteiger charge is 2.30. The van der Waals surface area contributed by atoms with Gasteiger partial charge in [-0.15, -0.1) is 0 Å². The maximum Gasteiger partial charge on any atom is 0.321 e. The number of hydrogen-bond acceptors (Lipinski definition) is 3. The summed E-state index contributed by atoms with van der Waals surface area (Å²) in [6, 6.07) is 4.06. The van der Waals surface area contributed by atoms with Crippen molar-refractivity contribution in [2.24, 2.45) is 5.73 Å². The van der Waals surface area contributed by atoms with Gasteiger partial charge in [-0.25, -0.2) is 9.18 Å². The standard InChI is InChI=1S/C16H21FN4O2/c1-10-8-11(18)4-6-20(10)15(22)13-9-12(2-3-14(13)17)21-7-5-19-16(21)23/h2-3,9-11H,4-8,18H2,1H3,(H,19,23)/t10-,11-/m1/s1. The minimum absolute atomic E-state index is 0.00419. The zero-order valence-electron chi connectivity index (χ0n) is 13.1. The highest BCUT2D eigenvalue weighted by Crippen LogP contribution is 2.24. The molecule has 2 fully saturated rings. The normalized spacial score (nSPS) is 24.7. The third-order valence-corrected chi connectivity index (χ3v) is 4.53. The van der Waals surface area contributed by atoms with Crippen LogP contribution in [0.2, 0.25) is 0 Å². The van der Waals surface area contributed by atoms with Gasteiger partial charge >= 0.3 is 6.03 Å². The molecule has 0 radical (unpaired) electrons. The number of anilines is 1. The molecule has 0 aromatic heterocycles. The van der Waals surface area contributed by atoms with Gasteiger partial charge in [-0.05, 0) is 38.0 Å². The summed E-state index contributed by atoms with van der Waals surface area (Å²) >= 11 is 0. The Bertz CT molecular complexity index is 637. The number of benzene rings is 1. The Morgan fingerprint density at radius 1 is 1.39 bits per heavy atom. The number of nitrogens with two attached hydrogens (primary N) is 1. The third kappa shape index (κ3) is 3.01. The molecule has 2 saturated heterocycles. The lowest BCUT2D eigenvalue weighted by atomic mass is 9.98. The van der Waals surface area contributed by atoms with Crippen molar-refractivity contribution < 1.29 is 14.0 Å². The van der Waals surface area contributed by atoms with Crippen LogP contribution >= 0.6 is 0 Å². The molecule has 1 aromatic carbocycles. The number of nitrogens with zero attached hydrogens (tertiary/aromatic N) is 2. The molecule has 2 aliphatic rings. The maximum absolute atomic E-state index is 14.2. The number of nitrogens with one attached hydrogen (secondary N) is 1. The molecule has 2 atom stereocenters. The number of hydrogen-bond donors (Lipinski definition) is 2. The van der Waals surface area contributed by atoms with E-state index < -0.39 is 5.82 Å². The average Bonchev–Trinajstić information content (AvgIpc) is 2.93. The van der Waals surface area contributed by atoms with Crippen LogP contribution in [0, 0.1) is 5.82 Å². The van der Waals surface area contributed by atoms with Crippen LogP contribution in [0.5, 0.6) is 0 Å². The van der Waals surface area contributed by atoms with Gasteiger partial charge < -0.3 is 16.0 Å². The molecule has 7 heteroatoms. The zero-order chi connectivity index (χ0) is 16.6. The summed E-state index contributed by atoms with van der Waals surface area (Å²) in [4.78, 5) is 27.6. The van der Waals surface area contributed by atoms with Gasteiger partial charge in [0.2, 0.25) is 0 Å². The first-order valence-electron chi connectivity index (χ1n) is 7.89. The lowest BCUT2D eigenvalue weighted by Gasteiger charge is -2.36. The maximum atomic E-state index is 14.2. The molecule has 0 spiro atoms. The molecule has 1 aromatic rings. The molecule has 3 amide bonds. The molecule has 0 bridgehead atoms. The zero-order valence-corrected chi connectivity index (χ0v) is 13.1. The molecule has 0 saturated carbocycles. The van der Waals surface area contributed by atoms with E-state index in [9.17, 15) is 14.0 Å². The lowest BCUT2D eigenvalue weighted by Crippen LogP contribution is -2.48. The Labute approximate surface area is 134 Å². The molecule has 0 unspecified atom stereocenters. The van der Waals surface area contributed by atoms with Crippen LogP contribution in [0.4, 0.5) is 14.9 Å². The quantitative estimate of drug-likeness (QED) is 0.862. The molecule has 23 heavy (non-hydrogen) atoms. The fourth-order valence-corrected chi connectivity index (χ4v) is 3.23. The first-order chi connectivity index (χ1) is 11.0. The smallest absolute Gasteiger partial charge is 0.321 e. The Hall–Kier alpha value is -2.15. The number of carbonyl (C=O) groups excluding carboxylic acids is 2. The van der Waals surface area contributed by atoms with Crippen LogP contribution in [0.25, 0.3) is 0 Å². The van der Waals surface area contributed by atoms with Crippen molar-refractivity contribution in [2.45, 2.75) is 31.8 Å². The van der Waals surface area contributed by atoms with Gasteiger partial charge in [0, 0.05) is 37.4 Å². The number of likely N-dealkylation sites (tertiary alicyclic amines) is 1. The van der Waals surface area contributed by atoms with E-state index in [0.717, 1.165) is 0 Å². The van der Waals surface area contributed by atoms with Gasteiger partial charge in [-0.3, -0.25) is 9.69 Å². The van der Waals surface area contributed by atoms with E-state index in [2.05, 4.69) is 5.32 Å². The molecule has 124 valence electrons. The number of rotatable bonds is 2. The summed E-state index contributed by atoms with van der Waals surface area (Å²) in [6.07, 6.45) is 1.42. The lowest BCUT2D eigenvalue weighted by molar-refractivity contribution is 0.0614. The molecule has 2 heterocycles. The van der Waals surface area contributed by atoms with E-state index >= 15 is 0 Å². The Balaban J connectivity index is 1.86. The van der Waals surface area contributed by atoms with E-state index in [4.69, 9.17) is 5.73 Å². The van der Waals surface area contributed by atoms with E-state index in [1.165, 1.54) is 23.1 Å². The number of urea groups is 1. The minimum atomic E-state index is -0.569. The molecule has 2 aliphatic heterocycles. The van der Waals surface area contributed by atoms with E-state index in [1.807, 2.05) is 6.92 Å². The van der Waals surface area contributed by atoms with E-state index in [1.54, 1.807) is 4.90 Å². The monoisotopic (exact) mass is 320 g/mol. The predicted octanol–water partition coefficient (Wildman–Crippen LogP) is 1.31. The Morgan fingerprint density at radius 3 is 2.83 bits per heavy atom. The van der Waals surface area contributed by atoms with Crippen LogP contribution in [-0.4, -0.2) is 48.6 Å². The predicted molar refractivity (Wildman–Crippen MR) is 84.9 cm³/mol. The summed E-state index contributed by atoms with van der Waals surface area (Å²) in [5.41, 5.74) is 6.45. The largest absolute Gasteiger partial charge is 0.336 e. The highest BCUT2D eigenvalue weighted by atomic mass is 19.1. The van der Waals surface area contributed by atoms with E-state index in [0.29, 0.717) is 38.2 Å². The number of halogens is 1. The first-order valence-corrected chi connectivity index (χ1v) is 7.89. The molecule has 3 rings (SSSR count). The van der Waals surface area contributed by atoms with Gasteiger partial charge in [0.15, 0.2) is 0 Å². The van der Waals surface area contributed by atoms with Gasteiger partial charge in [0.1, 0.15) is 5.82 Å². The molecule has 6 nitrogen and oxygen atoms in total. The van der Waals surface area contributed by atoms with Gasteiger partial charge in [-0.2, -0.15) is 0 Å². The first kappa shape index (κ1) is 15.7. The van der Waals surface area contributed by atoms with E-state index in [-0.39, 0.29) is 29.6 Å². The van der Waals surface area contributed by atoms with Crippen molar-refractivity contribution in [1.82, 2.24) is 10.2 Å². The van der Waals surface area contributed by atoms with Crippen molar-refractivity contribution in [3.05, 3.63) is 29.6 Å². The van der Waals surface area contributed by atoms with Crippen LogP contribution in [0.15, 0.2) is 18.2 Å². The summed E-state index contributed by atoms with van der Waals surface area (Å²) in [5, 5.41) is 2.69. The summed E-state index contributed by atoms with van der Waals surface area (Å²) in [7, 11) is 0. The van der Waals surface area contributed by atoms with Crippen molar-refractivity contribution in [1.29, 1.82) is 0 Å². The van der Waals surface area contributed by atoms with Crippen molar-refractivity contribution in [3.8, 4) is 0 Å². The summed E-state index contributed by atoms with van der Waals surface area (Å²) in [6.45, 7) is 3.50. The van der Waals surface area contributed by atoms with Crippen molar-refractivity contribution >= 4 is 17.6 Å². The van der Waals surface area contributed by atoms with Gasteiger partial charge in [0.25, 0.3) is 5.91 Å². The second-order valence-electron chi connectivity index (χ2n) is 6.18. The fraction of sp³-hybridized carbons (Fsp3) is 0.500. The molecular weight excluding hydrogens is 299 g/mol. The van der Waals surface area contributed by atoms with Gasteiger partial charge in [0.05, 0.1) is 5.56 Å². The topological polar surface area (TPSA) is 78.7 Å². The molecular formula is C16H21FN4O2. The van der Waals surface area contributed by atoms with Crippen LogP contribution in [0.3, 0.4) is 0 Å². The third-order valence-electron chi connectivity index (χ3n) is 4.53. The number of carbonyl (C=O) groups is 2.